The number of ketones is 1. The molecule has 0 N–H and O–H groups in total. The molecule has 0 aromatic heterocycles. The van der Waals surface area contributed by atoms with Gasteiger partial charge < -0.3 is 4.74 Å². The second-order valence-electron chi connectivity index (χ2n) is 8.52. The summed E-state index contributed by atoms with van der Waals surface area (Å²) in [5, 5.41) is 0. The van der Waals surface area contributed by atoms with Gasteiger partial charge >= 0.3 is 5.97 Å². The third-order valence-electron chi connectivity index (χ3n) is 5.03. The molecule has 0 amide bonds. The smallest absolute Gasteiger partial charge is 0.321 e. The number of esters is 1. The maximum Gasteiger partial charge on any atom is 0.321 e. The summed E-state index contributed by atoms with van der Waals surface area (Å²) in [5.41, 5.74) is -0.781. The van der Waals surface area contributed by atoms with Crippen molar-refractivity contribution in [1.29, 1.82) is 0 Å². The van der Waals surface area contributed by atoms with E-state index in [0.717, 1.165) is 5.56 Å². The van der Waals surface area contributed by atoms with Crippen molar-refractivity contribution in [2.45, 2.75) is 44.1 Å². The van der Waals surface area contributed by atoms with Crippen molar-refractivity contribution in [3.63, 3.8) is 0 Å². The Hall–Kier alpha value is -2.73. The first-order valence-corrected chi connectivity index (χ1v) is 11.5. The number of fused-ring (bicyclic) bond motifs is 1. The molecule has 0 unspecified atom stereocenters. The summed E-state index contributed by atoms with van der Waals surface area (Å²) >= 11 is 0. The van der Waals surface area contributed by atoms with Gasteiger partial charge in [0.15, 0.2) is 15.6 Å². The van der Waals surface area contributed by atoms with E-state index in [1.807, 2.05) is 12.1 Å². The molecule has 158 valence electrons. The van der Waals surface area contributed by atoms with E-state index in [0.29, 0.717) is 5.56 Å². The molecular weight excluding hydrogens is 400 g/mol. The molecule has 0 radical (unpaired) electrons. The summed E-state index contributed by atoms with van der Waals surface area (Å²) in [7, 11) is -3.48. The SMILES string of the molecule is CC(C)(C)OC(=O)[C@]1(C/C=C/CS(=O)(=O)c2ccccc2)Cc2ccccc2C1=O. The molecule has 0 saturated carbocycles. The molecule has 30 heavy (non-hydrogen) atoms. The van der Waals surface area contributed by atoms with Gasteiger partial charge in [0.1, 0.15) is 11.0 Å². The normalized spacial score (nSPS) is 19.1. The largest absolute Gasteiger partial charge is 0.459 e. The predicted octanol–water partition coefficient (Wildman–Crippen LogP) is 4.17. The van der Waals surface area contributed by atoms with Crippen molar-refractivity contribution in [2.75, 3.05) is 5.75 Å². The Morgan fingerprint density at radius 3 is 2.30 bits per heavy atom. The average molecular weight is 427 g/mol. The van der Waals surface area contributed by atoms with Gasteiger partial charge in [-0.05, 0) is 51.3 Å². The summed E-state index contributed by atoms with van der Waals surface area (Å²) in [5.74, 6) is -1.06. The number of allylic oxidation sites excluding steroid dienone is 1. The first-order chi connectivity index (χ1) is 14.1. The van der Waals surface area contributed by atoms with Gasteiger partial charge in [-0.15, -0.1) is 0 Å². The Bertz CT molecular complexity index is 1080. The number of carbonyl (C=O) groups is 2. The molecule has 0 heterocycles. The highest BCUT2D eigenvalue weighted by atomic mass is 32.2. The van der Waals surface area contributed by atoms with Crippen LogP contribution >= 0.6 is 0 Å². The van der Waals surface area contributed by atoms with Crippen LogP contribution in [-0.4, -0.2) is 31.5 Å². The summed E-state index contributed by atoms with van der Waals surface area (Å²) in [6.07, 6.45) is 3.44. The van der Waals surface area contributed by atoms with Crippen molar-refractivity contribution < 1.29 is 22.7 Å². The minimum atomic E-state index is -3.48. The van der Waals surface area contributed by atoms with Crippen LogP contribution in [0.1, 0.15) is 43.1 Å². The lowest BCUT2D eigenvalue weighted by atomic mass is 9.80. The van der Waals surface area contributed by atoms with Gasteiger partial charge in [-0.1, -0.05) is 54.6 Å². The second-order valence-corrected chi connectivity index (χ2v) is 10.6. The summed E-state index contributed by atoms with van der Waals surface area (Å²) in [6.45, 7) is 5.27. The molecule has 0 spiro atoms. The van der Waals surface area contributed by atoms with Crippen molar-refractivity contribution in [1.82, 2.24) is 0 Å². The highest BCUT2D eigenvalue weighted by Gasteiger charge is 2.52. The number of rotatable bonds is 6. The monoisotopic (exact) mass is 426 g/mol. The average Bonchev–Trinajstić information content (AvgIpc) is 2.98. The van der Waals surface area contributed by atoms with Gasteiger partial charge in [-0.3, -0.25) is 9.59 Å². The molecule has 2 aromatic rings. The van der Waals surface area contributed by atoms with Crippen LogP contribution in [0.5, 0.6) is 0 Å². The van der Waals surface area contributed by atoms with Crippen LogP contribution in [0.4, 0.5) is 0 Å². The highest BCUT2D eigenvalue weighted by Crippen LogP contribution is 2.42. The summed E-state index contributed by atoms with van der Waals surface area (Å²) in [4.78, 5) is 26.5. The van der Waals surface area contributed by atoms with Gasteiger partial charge in [-0.25, -0.2) is 8.42 Å². The Balaban J connectivity index is 1.84. The summed E-state index contributed by atoms with van der Waals surface area (Å²) < 4.78 is 30.5. The molecule has 0 aliphatic heterocycles. The second kappa shape index (κ2) is 8.19. The Morgan fingerprint density at radius 1 is 1.03 bits per heavy atom. The molecule has 0 saturated heterocycles. The van der Waals surface area contributed by atoms with Crippen LogP contribution in [0.2, 0.25) is 0 Å². The molecular formula is C24H26O5S. The minimum absolute atomic E-state index is 0.0831. The number of sulfone groups is 1. The van der Waals surface area contributed by atoms with E-state index in [2.05, 4.69) is 0 Å². The quantitative estimate of drug-likeness (QED) is 0.394. The van der Waals surface area contributed by atoms with E-state index in [-0.39, 0.29) is 29.3 Å². The summed E-state index contributed by atoms with van der Waals surface area (Å²) in [6, 6.07) is 15.3. The molecule has 1 atom stereocenters. The lowest BCUT2D eigenvalue weighted by Gasteiger charge is -2.29. The maximum atomic E-state index is 13.2. The van der Waals surface area contributed by atoms with Crippen molar-refractivity contribution in [3.8, 4) is 0 Å². The molecule has 0 fully saturated rings. The molecule has 3 rings (SSSR count). The molecule has 5 nitrogen and oxygen atoms in total. The van der Waals surface area contributed by atoms with Gasteiger partial charge in [0, 0.05) is 5.56 Å². The predicted molar refractivity (Wildman–Crippen MR) is 115 cm³/mol. The zero-order valence-corrected chi connectivity index (χ0v) is 18.2. The molecule has 1 aliphatic carbocycles. The van der Waals surface area contributed by atoms with Crippen LogP contribution in [0.3, 0.4) is 0 Å². The van der Waals surface area contributed by atoms with E-state index < -0.39 is 26.8 Å². The molecule has 6 heteroatoms. The first-order valence-electron chi connectivity index (χ1n) is 9.84. The Morgan fingerprint density at radius 2 is 1.67 bits per heavy atom. The van der Waals surface area contributed by atoms with Gasteiger partial charge in [0.25, 0.3) is 0 Å². The zero-order chi connectivity index (χ0) is 22.0. The van der Waals surface area contributed by atoms with Crippen LogP contribution in [-0.2, 0) is 25.8 Å². The van der Waals surface area contributed by atoms with E-state index >= 15 is 0 Å². The van der Waals surface area contributed by atoms with Gasteiger partial charge in [0.2, 0.25) is 0 Å². The number of benzene rings is 2. The van der Waals surface area contributed by atoms with Crippen LogP contribution < -0.4 is 0 Å². The van der Waals surface area contributed by atoms with Gasteiger partial charge in [-0.2, -0.15) is 0 Å². The standard InChI is InChI=1S/C24H26O5S/c1-23(2,3)29-22(26)24(17-18-11-7-8-14-20(18)21(24)25)15-9-10-16-30(27,28)19-12-5-4-6-13-19/h4-14H,15-17H2,1-3H3/b10-9+/t24-/m1/s1. The zero-order valence-electron chi connectivity index (χ0n) is 17.4. The number of hydrogen-bond donors (Lipinski definition) is 0. The lowest BCUT2D eigenvalue weighted by molar-refractivity contribution is -0.164. The first kappa shape index (κ1) is 22.0. The Labute approximate surface area is 177 Å². The fourth-order valence-electron chi connectivity index (χ4n) is 3.55. The number of ether oxygens (including phenoxy) is 1. The number of Topliss-reactive ketones (excluding diaryl/α,β-unsaturated/α-hetero) is 1. The van der Waals surface area contributed by atoms with Crippen molar-refractivity contribution in [3.05, 3.63) is 77.9 Å². The molecule has 2 aromatic carbocycles. The molecule has 1 aliphatic rings. The van der Waals surface area contributed by atoms with Crippen LogP contribution in [0, 0.1) is 5.41 Å². The fraction of sp³-hybridized carbons (Fsp3) is 0.333. The van der Waals surface area contributed by atoms with Crippen molar-refractivity contribution in [2.24, 2.45) is 5.41 Å². The van der Waals surface area contributed by atoms with Crippen LogP contribution in [0.25, 0.3) is 0 Å². The number of carbonyl (C=O) groups excluding carboxylic acids is 2. The third kappa shape index (κ3) is 4.54. The van der Waals surface area contributed by atoms with E-state index in [1.165, 1.54) is 6.08 Å². The van der Waals surface area contributed by atoms with Crippen LogP contribution in [0.15, 0.2) is 71.6 Å². The van der Waals surface area contributed by atoms with E-state index in [1.54, 1.807) is 69.3 Å². The fourth-order valence-corrected chi connectivity index (χ4v) is 4.70. The van der Waals surface area contributed by atoms with Crippen molar-refractivity contribution >= 4 is 21.6 Å². The third-order valence-corrected chi connectivity index (χ3v) is 6.65. The van der Waals surface area contributed by atoms with Gasteiger partial charge in [0.05, 0.1) is 10.6 Å². The maximum absolute atomic E-state index is 13.2. The molecule has 0 bridgehead atoms. The van der Waals surface area contributed by atoms with E-state index in [9.17, 15) is 18.0 Å². The topological polar surface area (TPSA) is 77.5 Å². The minimum Gasteiger partial charge on any atom is -0.459 e. The number of hydrogen-bond acceptors (Lipinski definition) is 5. The Kier molecular flexibility index (Phi) is 5.99. The highest BCUT2D eigenvalue weighted by molar-refractivity contribution is 7.91. The van der Waals surface area contributed by atoms with E-state index in [4.69, 9.17) is 4.74 Å². The lowest BCUT2D eigenvalue weighted by Crippen LogP contribution is -2.42.